The first kappa shape index (κ1) is 14.2. The normalized spacial score (nSPS) is 16.9. The van der Waals surface area contributed by atoms with Gasteiger partial charge >= 0.3 is 0 Å². The quantitative estimate of drug-likeness (QED) is 0.645. The number of amides is 1. The van der Waals surface area contributed by atoms with Crippen molar-refractivity contribution in [3.63, 3.8) is 0 Å². The maximum Gasteiger partial charge on any atom is 0.288 e. The first-order chi connectivity index (χ1) is 9.41. The van der Waals surface area contributed by atoms with Crippen molar-refractivity contribution in [3.8, 4) is 0 Å². The molecule has 1 saturated carbocycles. The second kappa shape index (κ2) is 5.44. The first-order valence-electron chi connectivity index (χ1n) is 6.59. The molecule has 0 aliphatic heterocycles. The molecule has 1 aromatic heterocycles. The fourth-order valence-electron chi connectivity index (χ4n) is 2.54. The molecule has 0 saturated heterocycles. The van der Waals surface area contributed by atoms with Gasteiger partial charge in [0.1, 0.15) is 12.0 Å². The van der Waals surface area contributed by atoms with Gasteiger partial charge in [-0.3, -0.25) is 14.9 Å². The van der Waals surface area contributed by atoms with Crippen LogP contribution in [0.4, 0.5) is 11.5 Å². The van der Waals surface area contributed by atoms with Gasteiger partial charge in [-0.2, -0.15) is 0 Å². The molecule has 1 aliphatic carbocycles. The van der Waals surface area contributed by atoms with Crippen LogP contribution in [0.2, 0.25) is 0 Å². The summed E-state index contributed by atoms with van der Waals surface area (Å²) in [6, 6.07) is 1.16. The predicted octanol–water partition coefficient (Wildman–Crippen LogP) is 1.88. The van der Waals surface area contributed by atoms with Crippen molar-refractivity contribution in [1.29, 1.82) is 0 Å². The largest absolute Gasteiger partial charge is 0.383 e. The highest BCUT2D eigenvalue weighted by atomic mass is 16.6. The summed E-state index contributed by atoms with van der Waals surface area (Å²) >= 11 is 0. The highest BCUT2D eigenvalue weighted by Crippen LogP contribution is 2.36. The number of pyridine rings is 1. The molecular weight excluding hydrogens is 260 g/mol. The van der Waals surface area contributed by atoms with E-state index in [4.69, 9.17) is 5.73 Å². The fourth-order valence-corrected chi connectivity index (χ4v) is 2.54. The van der Waals surface area contributed by atoms with E-state index in [1.807, 2.05) is 0 Å². The summed E-state index contributed by atoms with van der Waals surface area (Å²) in [4.78, 5) is 25.9. The molecule has 0 bridgehead atoms. The van der Waals surface area contributed by atoms with Crippen molar-refractivity contribution in [2.24, 2.45) is 5.41 Å². The van der Waals surface area contributed by atoms with Crippen molar-refractivity contribution < 1.29 is 9.72 Å². The SMILES string of the molecule is CC1(CNC(=O)c2cc([N+](=O)[O-])cnc2N)CCCC1. The summed E-state index contributed by atoms with van der Waals surface area (Å²) in [5, 5.41) is 13.5. The summed E-state index contributed by atoms with van der Waals surface area (Å²) in [5.41, 5.74) is 5.54. The molecular formula is C13H18N4O3. The molecule has 0 radical (unpaired) electrons. The number of carbonyl (C=O) groups excluding carboxylic acids is 1. The lowest BCUT2D eigenvalue weighted by Gasteiger charge is -2.23. The molecule has 3 N–H and O–H groups in total. The number of hydrogen-bond donors (Lipinski definition) is 2. The van der Waals surface area contributed by atoms with E-state index in [0.29, 0.717) is 6.54 Å². The Labute approximate surface area is 116 Å². The number of nitrogens with two attached hydrogens (primary N) is 1. The maximum atomic E-state index is 12.1. The Morgan fingerprint density at radius 3 is 2.80 bits per heavy atom. The van der Waals surface area contributed by atoms with Crippen LogP contribution in [0.3, 0.4) is 0 Å². The molecule has 1 heterocycles. The number of carbonyl (C=O) groups is 1. The molecule has 108 valence electrons. The Balaban J connectivity index is 2.08. The van der Waals surface area contributed by atoms with Gasteiger partial charge in [-0.1, -0.05) is 19.8 Å². The highest BCUT2D eigenvalue weighted by molar-refractivity contribution is 5.98. The summed E-state index contributed by atoms with van der Waals surface area (Å²) in [6.07, 6.45) is 5.55. The van der Waals surface area contributed by atoms with Crippen LogP contribution in [0.1, 0.15) is 43.0 Å². The van der Waals surface area contributed by atoms with Crippen molar-refractivity contribution in [3.05, 3.63) is 27.9 Å². The highest BCUT2D eigenvalue weighted by Gasteiger charge is 2.29. The molecule has 0 aromatic carbocycles. The Bertz CT molecular complexity index is 538. The summed E-state index contributed by atoms with van der Waals surface area (Å²) in [5.74, 6) is -0.406. The molecule has 7 heteroatoms. The minimum Gasteiger partial charge on any atom is -0.383 e. The summed E-state index contributed by atoms with van der Waals surface area (Å²) in [6.45, 7) is 2.68. The molecule has 2 rings (SSSR count). The van der Waals surface area contributed by atoms with Crippen LogP contribution in [-0.2, 0) is 0 Å². The average molecular weight is 278 g/mol. The third-order valence-corrected chi connectivity index (χ3v) is 3.85. The number of hydrogen-bond acceptors (Lipinski definition) is 5. The van der Waals surface area contributed by atoms with Gasteiger partial charge in [0.15, 0.2) is 0 Å². The topological polar surface area (TPSA) is 111 Å². The number of nitrogen functional groups attached to an aromatic ring is 1. The monoisotopic (exact) mass is 278 g/mol. The lowest BCUT2D eigenvalue weighted by Crippen LogP contribution is -2.34. The number of rotatable bonds is 4. The minimum atomic E-state index is -0.596. The molecule has 0 spiro atoms. The van der Waals surface area contributed by atoms with Crippen molar-refractivity contribution in [1.82, 2.24) is 10.3 Å². The summed E-state index contributed by atoms with van der Waals surface area (Å²) < 4.78 is 0. The number of anilines is 1. The van der Waals surface area contributed by atoms with Crippen molar-refractivity contribution in [2.75, 3.05) is 12.3 Å². The molecule has 20 heavy (non-hydrogen) atoms. The zero-order valence-corrected chi connectivity index (χ0v) is 11.4. The lowest BCUT2D eigenvalue weighted by atomic mass is 9.89. The third-order valence-electron chi connectivity index (χ3n) is 3.85. The second-order valence-corrected chi connectivity index (χ2v) is 5.58. The smallest absolute Gasteiger partial charge is 0.288 e. The first-order valence-corrected chi connectivity index (χ1v) is 6.59. The molecule has 1 amide bonds. The molecule has 7 nitrogen and oxygen atoms in total. The van der Waals surface area contributed by atoms with Gasteiger partial charge in [-0.15, -0.1) is 0 Å². The molecule has 0 atom stereocenters. The van der Waals surface area contributed by atoms with E-state index in [1.54, 1.807) is 0 Å². The number of nitrogens with zero attached hydrogens (tertiary/aromatic N) is 2. The van der Waals surface area contributed by atoms with Crippen LogP contribution in [0.5, 0.6) is 0 Å². The van der Waals surface area contributed by atoms with Gasteiger partial charge in [0.25, 0.3) is 11.6 Å². The lowest BCUT2D eigenvalue weighted by molar-refractivity contribution is -0.385. The number of aromatic nitrogens is 1. The minimum absolute atomic E-state index is 0.00433. The van der Waals surface area contributed by atoms with Gasteiger partial charge < -0.3 is 11.1 Å². The Kier molecular flexibility index (Phi) is 3.87. The van der Waals surface area contributed by atoms with Crippen LogP contribution in [0.25, 0.3) is 0 Å². The van der Waals surface area contributed by atoms with Crippen LogP contribution >= 0.6 is 0 Å². The zero-order chi connectivity index (χ0) is 14.8. The van der Waals surface area contributed by atoms with E-state index in [9.17, 15) is 14.9 Å². The van der Waals surface area contributed by atoms with Gasteiger partial charge in [0.05, 0.1) is 10.5 Å². The molecule has 0 unspecified atom stereocenters. The molecule has 1 aromatic rings. The second-order valence-electron chi connectivity index (χ2n) is 5.58. The van der Waals surface area contributed by atoms with Crippen molar-refractivity contribution in [2.45, 2.75) is 32.6 Å². The van der Waals surface area contributed by atoms with Crippen LogP contribution in [0, 0.1) is 15.5 Å². The van der Waals surface area contributed by atoms with E-state index in [1.165, 1.54) is 12.8 Å². The third kappa shape index (κ3) is 3.04. The van der Waals surface area contributed by atoms with Crippen molar-refractivity contribution >= 4 is 17.4 Å². The fraction of sp³-hybridized carbons (Fsp3) is 0.538. The number of nitrogens with one attached hydrogen (secondary N) is 1. The molecule has 1 fully saturated rings. The van der Waals surface area contributed by atoms with Crippen LogP contribution in [0.15, 0.2) is 12.3 Å². The van der Waals surface area contributed by atoms with E-state index >= 15 is 0 Å². The standard InChI is InChI=1S/C13H18N4O3/c1-13(4-2-3-5-13)8-16-12(18)10-6-9(17(19)20)7-15-11(10)14/h6-7H,2-5,8H2,1H3,(H2,14,15)(H,16,18). The van der Waals surface area contributed by atoms with Crippen LogP contribution < -0.4 is 11.1 Å². The van der Waals surface area contributed by atoms with Gasteiger partial charge in [-0.05, 0) is 18.3 Å². The van der Waals surface area contributed by atoms with E-state index in [-0.39, 0.29) is 22.5 Å². The Morgan fingerprint density at radius 2 is 2.20 bits per heavy atom. The van der Waals surface area contributed by atoms with E-state index in [0.717, 1.165) is 25.1 Å². The Hall–Kier alpha value is -2.18. The zero-order valence-electron chi connectivity index (χ0n) is 11.4. The average Bonchev–Trinajstić information content (AvgIpc) is 2.84. The van der Waals surface area contributed by atoms with Crippen LogP contribution in [-0.4, -0.2) is 22.4 Å². The maximum absolute atomic E-state index is 12.1. The predicted molar refractivity (Wildman–Crippen MR) is 74.2 cm³/mol. The van der Waals surface area contributed by atoms with Gasteiger partial charge in [-0.25, -0.2) is 4.98 Å². The molecule has 1 aliphatic rings. The number of nitro groups is 1. The summed E-state index contributed by atoms with van der Waals surface area (Å²) in [7, 11) is 0. The van der Waals surface area contributed by atoms with Gasteiger partial charge in [0, 0.05) is 12.6 Å². The Morgan fingerprint density at radius 1 is 1.55 bits per heavy atom. The van der Waals surface area contributed by atoms with E-state index < -0.39 is 10.8 Å². The van der Waals surface area contributed by atoms with E-state index in [2.05, 4.69) is 17.2 Å². The van der Waals surface area contributed by atoms with Gasteiger partial charge in [0.2, 0.25) is 0 Å².